The van der Waals surface area contributed by atoms with E-state index in [1.54, 1.807) is 0 Å². The summed E-state index contributed by atoms with van der Waals surface area (Å²) in [7, 11) is 0. The van der Waals surface area contributed by atoms with Crippen molar-refractivity contribution in [2.75, 3.05) is 0 Å². The fourth-order valence-electron chi connectivity index (χ4n) is 10.1. The van der Waals surface area contributed by atoms with E-state index >= 15 is 0 Å². The van der Waals surface area contributed by atoms with E-state index in [0.717, 1.165) is 50.7 Å². The van der Waals surface area contributed by atoms with Gasteiger partial charge in [-0.2, -0.15) is 0 Å². The highest BCUT2D eigenvalue weighted by Crippen LogP contribution is 2.65. The van der Waals surface area contributed by atoms with Crippen LogP contribution in [0.1, 0.15) is 28.2 Å². The molecule has 3 unspecified atom stereocenters. The number of hydrogen-bond donors (Lipinski definition) is 0. The van der Waals surface area contributed by atoms with E-state index in [4.69, 9.17) is 14.7 Å². The number of hydrogen-bond acceptors (Lipinski definition) is 3. The van der Waals surface area contributed by atoms with E-state index in [-0.39, 0.29) is 17.3 Å². The molecule has 9 aromatic rings. The van der Waals surface area contributed by atoms with Crippen LogP contribution in [0.25, 0.3) is 66.6 Å². The van der Waals surface area contributed by atoms with Crippen molar-refractivity contribution < 1.29 is 4.74 Å². The average Bonchev–Trinajstić information content (AvgIpc) is 3.59. The fraction of sp³-hybridized carbons (Fsp3) is 0.0545. The zero-order chi connectivity index (χ0) is 38.2. The van der Waals surface area contributed by atoms with Crippen LogP contribution in [0.2, 0.25) is 0 Å². The highest BCUT2D eigenvalue weighted by molar-refractivity contribution is 6.08. The lowest BCUT2D eigenvalue weighted by Crippen LogP contribution is -2.37. The van der Waals surface area contributed by atoms with Gasteiger partial charge < -0.3 is 4.74 Å². The van der Waals surface area contributed by atoms with E-state index in [1.807, 2.05) is 6.07 Å². The van der Waals surface area contributed by atoms with Crippen LogP contribution in [-0.2, 0) is 5.41 Å². The van der Waals surface area contributed by atoms with E-state index in [1.165, 1.54) is 43.8 Å². The van der Waals surface area contributed by atoms with Gasteiger partial charge in [-0.15, -0.1) is 0 Å². The lowest BCUT2D eigenvalue weighted by atomic mass is 9.61. The summed E-state index contributed by atoms with van der Waals surface area (Å²) >= 11 is 0. The molecule has 0 saturated carbocycles. The first-order valence-electron chi connectivity index (χ1n) is 20.1. The molecule has 3 heteroatoms. The molecular formula is C55H36N2O. The summed E-state index contributed by atoms with van der Waals surface area (Å²) in [4.78, 5) is 10.4. The van der Waals surface area contributed by atoms with Gasteiger partial charge in [-0.3, -0.25) is 0 Å². The summed E-state index contributed by atoms with van der Waals surface area (Å²) in [6.45, 7) is 0. The maximum atomic E-state index is 6.98. The van der Waals surface area contributed by atoms with Gasteiger partial charge in [0.25, 0.3) is 0 Å². The number of allylic oxidation sites excluding steroid dienone is 4. The number of nitrogens with zero attached hydrogens (tertiary/aromatic N) is 2. The molecule has 0 saturated heterocycles. The average molecular weight is 741 g/mol. The number of benzene rings is 8. The third-order valence-corrected chi connectivity index (χ3v) is 12.6. The minimum Gasteiger partial charge on any atom is -0.456 e. The Morgan fingerprint density at radius 1 is 0.448 bits per heavy atom. The van der Waals surface area contributed by atoms with E-state index in [0.29, 0.717) is 5.82 Å². The molecule has 272 valence electrons. The van der Waals surface area contributed by atoms with Gasteiger partial charge in [0.05, 0.1) is 16.8 Å². The van der Waals surface area contributed by atoms with E-state index < -0.39 is 0 Å². The van der Waals surface area contributed by atoms with Gasteiger partial charge in [0, 0.05) is 45.2 Å². The van der Waals surface area contributed by atoms with Crippen LogP contribution < -0.4 is 4.74 Å². The number of rotatable bonds is 4. The molecule has 1 aromatic heterocycles. The highest BCUT2D eigenvalue weighted by Gasteiger charge is 2.56. The number of aromatic nitrogens is 2. The normalized spacial score (nSPS) is 18.4. The molecule has 2 aliphatic carbocycles. The Bertz CT molecular complexity index is 3160. The SMILES string of the molecule is C1=CC2c3ccccc3C3(c4ccccc4Oc4c(-c5ccc(-c6nc(-c7ccccc7)cc(-c7ccc8c(ccc9ccccc98)c7)n6)cc5)cccc43)C2C=C1. The highest BCUT2D eigenvalue weighted by atomic mass is 16.5. The van der Waals surface area contributed by atoms with Crippen molar-refractivity contribution in [3.63, 3.8) is 0 Å². The summed E-state index contributed by atoms with van der Waals surface area (Å²) in [5, 5.41) is 4.92. The summed E-state index contributed by atoms with van der Waals surface area (Å²) < 4.78 is 6.98. The van der Waals surface area contributed by atoms with Crippen molar-refractivity contribution in [2.45, 2.75) is 11.3 Å². The zero-order valence-electron chi connectivity index (χ0n) is 31.6. The summed E-state index contributed by atoms with van der Waals surface area (Å²) in [6.07, 6.45) is 9.21. The topological polar surface area (TPSA) is 35.0 Å². The molecule has 3 atom stereocenters. The fourth-order valence-corrected chi connectivity index (χ4v) is 10.1. The standard InChI is InChI=1S/C55H36N2O/c1-2-14-37(15-3-1)50-34-51(40-31-32-42-39(33-40)30-27-35-13-4-5-16-41(35)42)57-54(56-50)38-28-25-36(26-29-38)43-19-12-23-49-53(43)58-52-24-11-10-22-48(52)55(49)46-20-8-6-17-44(46)45-18-7-9-21-47(45)55/h1-34,44,46H. The Morgan fingerprint density at radius 3 is 2.02 bits per heavy atom. The molecule has 58 heavy (non-hydrogen) atoms. The number of ether oxygens (including phenoxy) is 1. The van der Waals surface area contributed by atoms with Crippen LogP contribution in [0, 0.1) is 5.92 Å². The molecule has 0 N–H and O–H groups in total. The molecular weight excluding hydrogens is 705 g/mol. The Morgan fingerprint density at radius 2 is 1.12 bits per heavy atom. The Hall–Kier alpha value is -7.36. The Kier molecular flexibility index (Phi) is 7.27. The quantitative estimate of drug-likeness (QED) is 0.169. The maximum Gasteiger partial charge on any atom is 0.160 e. The smallest absolute Gasteiger partial charge is 0.160 e. The first-order valence-corrected chi connectivity index (χ1v) is 20.1. The Balaban J connectivity index is 0.980. The van der Waals surface area contributed by atoms with Crippen molar-refractivity contribution >= 4 is 21.5 Å². The summed E-state index contributed by atoms with van der Waals surface area (Å²) in [5.41, 5.74) is 11.8. The molecule has 0 fully saturated rings. The third-order valence-electron chi connectivity index (χ3n) is 12.6. The largest absolute Gasteiger partial charge is 0.456 e. The number of para-hydroxylation sites is 2. The van der Waals surface area contributed by atoms with Crippen molar-refractivity contribution in [1.29, 1.82) is 0 Å². The van der Waals surface area contributed by atoms with Gasteiger partial charge in [0.15, 0.2) is 5.82 Å². The van der Waals surface area contributed by atoms with Gasteiger partial charge in [0.1, 0.15) is 11.5 Å². The predicted molar refractivity (Wildman–Crippen MR) is 236 cm³/mol. The third kappa shape index (κ3) is 4.86. The minimum atomic E-state index is -0.388. The monoisotopic (exact) mass is 740 g/mol. The maximum absolute atomic E-state index is 6.98. The second-order valence-corrected chi connectivity index (χ2v) is 15.6. The molecule has 0 radical (unpaired) electrons. The Labute approximate surface area is 337 Å². The van der Waals surface area contributed by atoms with Crippen LogP contribution in [0.4, 0.5) is 0 Å². The first kappa shape index (κ1) is 32.8. The lowest BCUT2D eigenvalue weighted by molar-refractivity contribution is 0.375. The molecule has 0 amide bonds. The van der Waals surface area contributed by atoms with Crippen molar-refractivity contribution in [3.8, 4) is 56.5 Å². The minimum absolute atomic E-state index is 0.224. The molecule has 0 bridgehead atoms. The summed E-state index contributed by atoms with van der Waals surface area (Å²) in [5.74, 6) is 3.03. The molecule has 1 aliphatic heterocycles. The van der Waals surface area contributed by atoms with E-state index in [2.05, 4.69) is 200 Å². The van der Waals surface area contributed by atoms with Crippen LogP contribution in [0.3, 0.4) is 0 Å². The molecule has 8 aromatic carbocycles. The van der Waals surface area contributed by atoms with Crippen LogP contribution >= 0.6 is 0 Å². The van der Waals surface area contributed by atoms with Gasteiger partial charge in [-0.05, 0) is 56.4 Å². The predicted octanol–water partition coefficient (Wildman–Crippen LogP) is 13.7. The van der Waals surface area contributed by atoms with Crippen LogP contribution in [0.15, 0.2) is 206 Å². The summed E-state index contributed by atoms with van der Waals surface area (Å²) in [6, 6.07) is 65.1. The van der Waals surface area contributed by atoms with Gasteiger partial charge in [-0.1, -0.05) is 188 Å². The van der Waals surface area contributed by atoms with E-state index in [9.17, 15) is 0 Å². The second kappa shape index (κ2) is 12.8. The molecule has 1 spiro atoms. The van der Waals surface area contributed by atoms with Gasteiger partial charge in [-0.25, -0.2) is 9.97 Å². The van der Waals surface area contributed by atoms with Gasteiger partial charge >= 0.3 is 0 Å². The van der Waals surface area contributed by atoms with Crippen LogP contribution in [0.5, 0.6) is 11.5 Å². The number of fused-ring (bicyclic) bond motifs is 12. The zero-order valence-corrected chi connectivity index (χ0v) is 31.6. The van der Waals surface area contributed by atoms with Crippen LogP contribution in [-0.4, -0.2) is 9.97 Å². The molecule has 3 aliphatic rings. The molecule has 3 nitrogen and oxygen atoms in total. The van der Waals surface area contributed by atoms with Gasteiger partial charge in [0.2, 0.25) is 0 Å². The molecule has 2 heterocycles. The van der Waals surface area contributed by atoms with Crippen molar-refractivity contribution in [2.24, 2.45) is 5.92 Å². The van der Waals surface area contributed by atoms with Crippen molar-refractivity contribution in [1.82, 2.24) is 9.97 Å². The lowest BCUT2D eigenvalue weighted by Gasteiger charge is -2.43. The molecule has 12 rings (SSSR count). The van der Waals surface area contributed by atoms with Crippen molar-refractivity contribution in [3.05, 3.63) is 229 Å². The first-order chi connectivity index (χ1) is 28.7. The second-order valence-electron chi connectivity index (χ2n) is 15.6.